The molecule has 7 heteroatoms. The van der Waals surface area contributed by atoms with Crippen LogP contribution in [-0.4, -0.2) is 39.3 Å². The average molecular weight is 350 g/mol. The van der Waals surface area contributed by atoms with Gasteiger partial charge >= 0.3 is 0 Å². The first-order valence-electron chi connectivity index (χ1n) is 8.49. The van der Waals surface area contributed by atoms with E-state index in [9.17, 15) is 4.39 Å². The molecule has 0 saturated carbocycles. The minimum Gasteiger partial charge on any atom is -0.312 e. The molecular weight excluding hydrogens is 329 g/mol. The zero-order chi connectivity index (χ0) is 16.5. The van der Waals surface area contributed by atoms with Gasteiger partial charge in [0.25, 0.3) is 0 Å². The summed E-state index contributed by atoms with van der Waals surface area (Å²) in [5.41, 5.74) is 1.06. The summed E-state index contributed by atoms with van der Waals surface area (Å²) in [7, 11) is 0. The monoisotopic (exact) mass is 349 g/mol. The first kappa shape index (κ1) is 16.0. The molecule has 128 valence electrons. The molecule has 4 rings (SSSR count). The summed E-state index contributed by atoms with van der Waals surface area (Å²) in [6.07, 6.45) is 2.17. The lowest BCUT2D eigenvalue weighted by Crippen LogP contribution is -2.34. The van der Waals surface area contributed by atoms with Crippen molar-refractivity contribution in [3.8, 4) is 0 Å². The second-order valence-corrected chi connectivity index (χ2v) is 7.01. The van der Waals surface area contributed by atoms with Crippen molar-refractivity contribution >= 4 is 11.6 Å². The van der Waals surface area contributed by atoms with Gasteiger partial charge in [0, 0.05) is 25.6 Å². The Kier molecular flexibility index (Phi) is 4.52. The van der Waals surface area contributed by atoms with E-state index in [1.807, 2.05) is 6.07 Å². The normalized spacial score (nSPS) is 19.4. The van der Waals surface area contributed by atoms with Crippen molar-refractivity contribution in [1.82, 2.24) is 25.0 Å². The Morgan fingerprint density at radius 1 is 1.21 bits per heavy atom. The van der Waals surface area contributed by atoms with E-state index >= 15 is 0 Å². The van der Waals surface area contributed by atoms with E-state index in [1.54, 1.807) is 6.07 Å². The molecule has 0 atom stereocenters. The third kappa shape index (κ3) is 3.18. The van der Waals surface area contributed by atoms with Crippen LogP contribution >= 0.6 is 11.6 Å². The Morgan fingerprint density at radius 2 is 2.04 bits per heavy atom. The van der Waals surface area contributed by atoms with Crippen molar-refractivity contribution in [2.45, 2.75) is 38.4 Å². The number of benzene rings is 1. The second kappa shape index (κ2) is 6.78. The molecule has 0 unspecified atom stereocenters. The van der Waals surface area contributed by atoms with Gasteiger partial charge in [0.05, 0.1) is 11.6 Å². The molecule has 2 aliphatic rings. The summed E-state index contributed by atoms with van der Waals surface area (Å²) in [5, 5.41) is 12.3. The molecule has 2 aromatic rings. The second-order valence-electron chi connectivity index (χ2n) is 6.60. The molecular formula is C17H21ClFN5. The molecule has 1 aromatic carbocycles. The van der Waals surface area contributed by atoms with Gasteiger partial charge in [0.15, 0.2) is 0 Å². The number of piperidine rings is 1. The molecule has 24 heavy (non-hydrogen) atoms. The Bertz CT molecular complexity index is 724. The van der Waals surface area contributed by atoms with Crippen molar-refractivity contribution in [3.63, 3.8) is 0 Å². The largest absolute Gasteiger partial charge is 0.312 e. The molecule has 0 bridgehead atoms. The molecule has 0 aliphatic carbocycles. The summed E-state index contributed by atoms with van der Waals surface area (Å²) in [6.45, 7) is 5.61. The lowest BCUT2D eigenvalue weighted by molar-refractivity contribution is 0.199. The highest BCUT2D eigenvalue weighted by molar-refractivity contribution is 6.30. The van der Waals surface area contributed by atoms with Gasteiger partial charge < -0.3 is 9.88 Å². The van der Waals surface area contributed by atoms with Crippen molar-refractivity contribution in [3.05, 3.63) is 46.3 Å². The molecule has 2 aliphatic heterocycles. The number of halogens is 2. The number of aromatic nitrogens is 3. The molecule has 3 heterocycles. The first-order chi connectivity index (χ1) is 11.7. The predicted octanol–water partition coefficient (Wildman–Crippen LogP) is 2.55. The van der Waals surface area contributed by atoms with E-state index in [-0.39, 0.29) is 10.8 Å². The molecule has 1 fully saturated rings. The highest BCUT2D eigenvalue weighted by Crippen LogP contribution is 2.29. The van der Waals surface area contributed by atoms with E-state index in [1.165, 1.54) is 6.07 Å². The Morgan fingerprint density at radius 3 is 2.83 bits per heavy atom. The van der Waals surface area contributed by atoms with Crippen molar-refractivity contribution < 1.29 is 4.39 Å². The van der Waals surface area contributed by atoms with Crippen LogP contribution in [0, 0.1) is 5.82 Å². The van der Waals surface area contributed by atoms with E-state index in [2.05, 4.69) is 25.0 Å². The van der Waals surface area contributed by atoms with Gasteiger partial charge in [-0.25, -0.2) is 4.39 Å². The van der Waals surface area contributed by atoms with Crippen LogP contribution in [0.2, 0.25) is 5.02 Å². The van der Waals surface area contributed by atoms with E-state index in [0.29, 0.717) is 5.92 Å². The predicted molar refractivity (Wildman–Crippen MR) is 90.4 cm³/mol. The van der Waals surface area contributed by atoms with Gasteiger partial charge in [0.1, 0.15) is 17.5 Å². The van der Waals surface area contributed by atoms with Gasteiger partial charge in [-0.2, -0.15) is 0 Å². The number of likely N-dealkylation sites (tertiary alicyclic amines) is 1. The number of hydrogen-bond donors (Lipinski definition) is 1. The highest BCUT2D eigenvalue weighted by atomic mass is 35.5. The minimum atomic E-state index is -0.356. The third-order valence-electron chi connectivity index (χ3n) is 4.99. The van der Waals surface area contributed by atoms with E-state index < -0.39 is 0 Å². The summed E-state index contributed by atoms with van der Waals surface area (Å²) in [6, 6.07) is 4.99. The number of nitrogens with one attached hydrogen (secondary N) is 1. The average Bonchev–Trinajstić information content (AvgIpc) is 3.03. The minimum absolute atomic E-state index is 0.200. The zero-order valence-corrected chi connectivity index (χ0v) is 14.3. The van der Waals surface area contributed by atoms with Crippen LogP contribution in [-0.2, 0) is 19.6 Å². The van der Waals surface area contributed by atoms with Crippen LogP contribution in [0.25, 0.3) is 0 Å². The fourth-order valence-corrected chi connectivity index (χ4v) is 3.87. The van der Waals surface area contributed by atoms with Crippen molar-refractivity contribution in [1.29, 1.82) is 0 Å². The molecule has 0 amide bonds. The van der Waals surface area contributed by atoms with Gasteiger partial charge in [-0.05, 0) is 43.6 Å². The maximum Gasteiger partial charge on any atom is 0.147 e. The van der Waals surface area contributed by atoms with Gasteiger partial charge in [0.2, 0.25) is 0 Å². The quantitative estimate of drug-likeness (QED) is 0.925. The maximum atomic E-state index is 13.3. The molecule has 1 saturated heterocycles. The zero-order valence-electron chi connectivity index (χ0n) is 13.5. The third-order valence-corrected chi connectivity index (χ3v) is 5.28. The van der Waals surface area contributed by atoms with Crippen LogP contribution < -0.4 is 5.32 Å². The lowest BCUT2D eigenvalue weighted by Gasteiger charge is -2.32. The van der Waals surface area contributed by atoms with Crippen LogP contribution in [0.4, 0.5) is 4.39 Å². The maximum absolute atomic E-state index is 13.3. The SMILES string of the molecule is Fc1ccc(CN2CCC(c3nnc4n3CCNC4)CC2)cc1Cl. The van der Waals surface area contributed by atoms with Crippen LogP contribution in [0.5, 0.6) is 0 Å². The van der Waals surface area contributed by atoms with Gasteiger partial charge in [-0.3, -0.25) is 4.90 Å². The molecule has 0 spiro atoms. The standard InChI is InChI=1S/C17H21ClFN5/c18-14-9-12(1-2-15(14)19)11-23-6-3-13(4-7-23)17-22-21-16-10-20-5-8-24(16)17/h1-2,9,13,20H,3-8,10-11H2. The Hall–Kier alpha value is -1.50. The summed E-state index contributed by atoms with van der Waals surface area (Å²) < 4.78 is 15.5. The topological polar surface area (TPSA) is 46.0 Å². The number of hydrogen-bond acceptors (Lipinski definition) is 4. The summed E-state index contributed by atoms with van der Waals surface area (Å²) in [5.74, 6) is 2.33. The van der Waals surface area contributed by atoms with Crippen LogP contribution in [0.1, 0.15) is 36.0 Å². The summed E-state index contributed by atoms with van der Waals surface area (Å²) >= 11 is 5.87. The Labute approximate surface area is 145 Å². The number of rotatable bonds is 3. The van der Waals surface area contributed by atoms with E-state index in [0.717, 1.165) is 69.3 Å². The number of fused-ring (bicyclic) bond motifs is 1. The van der Waals surface area contributed by atoms with Gasteiger partial charge in [-0.15, -0.1) is 10.2 Å². The Balaban J connectivity index is 1.38. The van der Waals surface area contributed by atoms with Crippen LogP contribution in [0.15, 0.2) is 18.2 Å². The smallest absolute Gasteiger partial charge is 0.147 e. The van der Waals surface area contributed by atoms with E-state index in [4.69, 9.17) is 11.6 Å². The molecule has 1 aromatic heterocycles. The molecule has 5 nitrogen and oxygen atoms in total. The van der Waals surface area contributed by atoms with Gasteiger partial charge in [-0.1, -0.05) is 17.7 Å². The van der Waals surface area contributed by atoms with Crippen molar-refractivity contribution in [2.24, 2.45) is 0 Å². The van der Waals surface area contributed by atoms with Crippen LogP contribution in [0.3, 0.4) is 0 Å². The first-order valence-corrected chi connectivity index (χ1v) is 8.87. The summed E-state index contributed by atoms with van der Waals surface area (Å²) in [4.78, 5) is 2.40. The lowest BCUT2D eigenvalue weighted by atomic mass is 9.95. The van der Waals surface area contributed by atoms with Crippen molar-refractivity contribution in [2.75, 3.05) is 19.6 Å². The highest BCUT2D eigenvalue weighted by Gasteiger charge is 2.27. The molecule has 0 radical (unpaired) electrons. The molecule has 1 N–H and O–H groups in total. The fraction of sp³-hybridized carbons (Fsp3) is 0.529. The fourth-order valence-electron chi connectivity index (χ4n) is 3.66. The number of nitrogens with zero attached hydrogens (tertiary/aromatic N) is 4.